The molecule has 5 N–H and O–H groups in total. The number of anilines is 4. The Balaban J connectivity index is 0.871. The van der Waals surface area contributed by atoms with E-state index in [9.17, 15) is 32.7 Å². The van der Waals surface area contributed by atoms with Crippen LogP contribution < -0.4 is 26.0 Å². The van der Waals surface area contributed by atoms with Gasteiger partial charge in [-0.05, 0) is 125 Å². The van der Waals surface area contributed by atoms with Crippen molar-refractivity contribution in [1.29, 1.82) is 0 Å². The largest absolute Gasteiger partial charge is 0.489 e. The van der Waals surface area contributed by atoms with E-state index in [1.807, 2.05) is 89.2 Å². The number of carbonyl (C=O) groups excluding carboxylic acids is 4. The maximum Gasteiger partial charge on any atom is 0.246 e. The number of thiazole rings is 1. The number of sulfone groups is 1. The number of β-amino-alcohol motifs (C(OH)–C–C–N with tert-alkyl or cyclic N) is 1. The lowest BCUT2D eigenvalue weighted by atomic mass is 9.85. The molecule has 0 radical (unpaired) electrons. The molecule has 2 aromatic heterocycles. The van der Waals surface area contributed by atoms with Gasteiger partial charge in [-0.15, -0.1) is 11.3 Å². The van der Waals surface area contributed by atoms with Crippen molar-refractivity contribution in [3.63, 3.8) is 0 Å². The van der Waals surface area contributed by atoms with E-state index in [2.05, 4.69) is 42.3 Å². The molecule has 0 spiro atoms. The van der Waals surface area contributed by atoms with E-state index in [0.717, 1.165) is 45.7 Å². The molecular weight excluding hydrogens is 1040 g/mol. The molecule has 2 aliphatic heterocycles. The Labute approximate surface area is 462 Å². The average Bonchev–Trinajstić information content (AvgIpc) is 4.01. The third-order valence-corrected chi connectivity index (χ3v) is 17.5. The van der Waals surface area contributed by atoms with Crippen molar-refractivity contribution >= 4 is 79.5 Å². The Morgan fingerprint density at radius 3 is 2.27 bits per heavy atom. The van der Waals surface area contributed by atoms with Crippen molar-refractivity contribution in [2.24, 2.45) is 5.41 Å². The van der Waals surface area contributed by atoms with Crippen LogP contribution >= 0.6 is 22.9 Å². The number of rotatable bonds is 21. The Morgan fingerprint density at radius 1 is 0.909 bits per heavy atom. The van der Waals surface area contributed by atoms with Crippen molar-refractivity contribution in [3.8, 4) is 16.2 Å². The molecule has 3 atom stereocenters. The molecule has 4 amide bonds. The number of halogens is 1. The SMILES string of the molecule is Cc1cc(Nc2ncc(Cl)c(Nc3ccccc3S(=O)(=O)C(C)C)n2)c(OC(C)C)cc1C1CCN(C(=O)CCCCCC(=O)NC(C(=O)N2C[C@H](O)C[C@H]2C(=O)NCc2ccc(-c3scnc3C)cc2)C(C)(C)C)CC1. The highest BCUT2D eigenvalue weighted by atomic mass is 35.5. The molecule has 0 aliphatic carbocycles. The van der Waals surface area contributed by atoms with Crippen molar-refractivity contribution in [3.05, 3.63) is 99.8 Å². The summed E-state index contributed by atoms with van der Waals surface area (Å²) in [4.78, 5) is 72.4. The molecule has 20 heteroatoms. The van der Waals surface area contributed by atoms with E-state index in [4.69, 9.17) is 16.3 Å². The normalized spacial score (nSPS) is 16.6. The van der Waals surface area contributed by atoms with Crippen LogP contribution in [0.2, 0.25) is 5.02 Å². The first-order valence-electron chi connectivity index (χ1n) is 26.5. The fraction of sp³-hybridized carbons (Fsp3) is 0.491. The summed E-state index contributed by atoms with van der Waals surface area (Å²) in [5.41, 5.74) is 7.20. The number of aromatic nitrogens is 3. The second-order valence-corrected chi connectivity index (χ2v) is 25.5. The van der Waals surface area contributed by atoms with Gasteiger partial charge in [0.2, 0.25) is 29.6 Å². The molecular formula is C57H74ClN9O8S2. The standard InChI is InChI=1S/C57H74ClN9O8S2/c1-34(2)75-47-29-42(36(5)27-45(47)63-56-60-31-43(58)53(65-56)62-44-15-13-14-16-48(44)77(73,74)35(3)4)39-23-25-66(26-24-39)50(70)18-12-10-11-17-49(69)64-52(57(7,8)9)55(72)67-32-41(68)28-46(67)54(71)59-30-38-19-21-40(22-20-38)51-37(6)61-33-76-51/h13-16,19-22,27,29,31,33-35,39,41,46,52,68H,10-12,17-18,23-26,28,30,32H2,1-9H3,(H,59,71)(H,64,69)(H2,60,62,63,65)/t41-,46+,52?/m1/s1. The summed E-state index contributed by atoms with van der Waals surface area (Å²) in [6.45, 7) is 18.2. The van der Waals surface area contributed by atoms with Gasteiger partial charge in [-0.1, -0.05) is 75.2 Å². The molecule has 77 heavy (non-hydrogen) atoms. The van der Waals surface area contributed by atoms with Crippen molar-refractivity contribution in [1.82, 2.24) is 35.4 Å². The minimum Gasteiger partial charge on any atom is -0.489 e. The molecule has 2 saturated heterocycles. The lowest BCUT2D eigenvalue weighted by molar-refractivity contribution is -0.144. The molecule has 5 aromatic rings. The summed E-state index contributed by atoms with van der Waals surface area (Å²) in [5.74, 6) is 0.296. The number of piperidine rings is 1. The second-order valence-electron chi connectivity index (χ2n) is 21.8. The number of amides is 4. The van der Waals surface area contributed by atoms with Gasteiger partial charge in [0.15, 0.2) is 15.7 Å². The second kappa shape index (κ2) is 25.5. The summed E-state index contributed by atoms with van der Waals surface area (Å²) < 4.78 is 32.6. The number of aliphatic hydroxyl groups excluding tert-OH is 1. The van der Waals surface area contributed by atoms with Gasteiger partial charge in [-0.25, -0.2) is 18.4 Å². The van der Waals surface area contributed by atoms with E-state index < -0.39 is 44.6 Å². The quantitative estimate of drug-likeness (QED) is 0.0432. The van der Waals surface area contributed by atoms with Gasteiger partial charge in [0, 0.05) is 45.4 Å². The van der Waals surface area contributed by atoms with Crippen LogP contribution in [-0.2, 0) is 35.6 Å². The first kappa shape index (κ1) is 58.5. The lowest BCUT2D eigenvalue weighted by Crippen LogP contribution is -2.57. The van der Waals surface area contributed by atoms with Crippen LogP contribution in [-0.4, -0.2) is 111 Å². The van der Waals surface area contributed by atoms with Crippen LogP contribution in [0.25, 0.3) is 10.4 Å². The molecule has 7 rings (SSSR count). The van der Waals surface area contributed by atoms with E-state index in [1.165, 1.54) is 11.1 Å². The molecule has 1 unspecified atom stereocenters. The van der Waals surface area contributed by atoms with Gasteiger partial charge in [0.05, 0.1) is 56.0 Å². The van der Waals surface area contributed by atoms with Crippen molar-refractivity contribution in [2.45, 2.75) is 161 Å². The Morgan fingerprint density at radius 2 is 1.61 bits per heavy atom. The number of nitrogens with one attached hydrogen (secondary N) is 4. The van der Waals surface area contributed by atoms with Gasteiger partial charge >= 0.3 is 0 Å². The Hall–Kier alpha value is -6.15. The molecule has 2 fully saturated rings. The van der Waals surface area contributed by atoms with Crippen LogP contribution in [0.1, 0.15) is 128 Å². The van der Waals surface area contributed by atoms with Crippen LogP contribution in [0.3, 0.4) is 0 Å². The third kappa shape index (κ3) is 14.9. The molecule has 17 nitrogen and oxygen atoms in total. The summed E-state index contributed by atoms with van der Waals surface area (Å²) in [6.07, 6.45) is 4.46. The van der Waals surface area contributed by atoms with E-state index >= 15 is 0 Å². The zero-order chi connectivity index (χ0) is 55.8. The number of ether oxygens (including phenoxy) is 1. The smallest absolute Gasteiger partial charge is 0.246 e. The first-order valence-corrected chi connectivity index (χ1v) is 29.3. The Bertz CT molecular complexity index is 3010. The van der Waals surface area contributed by atoms with Gasteiger partial charge in [0.1, 0.15) is 22.9 Å². The molecule has 0 bridgehead atoms. The maximum atomic E-state index is 14.1. The zero-order valence-corrected chi connectivity index (χ0v) is 48.0. The topological polar surface area (TPSA) is 225 Å². The predicted octanol–water partition coefficient (Wildman–Crippen LogP) is 9.79. The highest BCUT2D eigenvalue weighted by Crippen LogP contribution is 2.39. The summed E-state index contributed by atoms with van der Waals surface area (Å²) in [7, 11) is -3.61. The molecule has 3 aromatic carbocycles. The number of likely N-dealkylation sites (tertiary alicyclic amines) is 2. The Kier molecular flexibility index (Phi) is 19.4. The third-order valence-electron chi connectivity index (χ3n) is 14.1. The lowest BCUT2D eigenvalue weighted by Gasteiger charge is -2.35. The number of hydrogen-bond acceptors (Lipinski definition) is 14. The van der Waals surface area contributed by atoms with E-state index in [1.54, 1.807) is 49.4 Å². The number of aliphatic hydroxyl groups is 1. The number of benzene rings is 3. The number of para-hydroxylation sites is 1. The van der Waals surface area contributed by atoms with Gasteiger partial charge in [-0.3, -0.25) is 19.2 Å². The molecule has 2 aliphatic rings. The first-order chi connectivity index (χ1) is 36.5. The highest BCUT2D eigenvalue weighted by Gasteiger charge is 2.44. The number of nitrogens with zero attached hydrogens (tertiary/aromatic N) is 5. The van der Waals surface area contributed by atoms with Gasteiger partial charge in [-0.2, -0.15) is 4.98 Å². The van der Waals surface area contributed by atoms with Gasteiger partial charge < -0.3 is 40.9 Å². The minimum absolute atomic E-state index is 0.00874. The number of aryl methyl sites for hydroxylation is 2. The molecule has 4 heterocycles. The van der Waals surface area contributed by atoms with E-state index in [0.29, 0.717) is 55.9 Å². The average molecular weight is 1110 g/mol. The zero-order valence-electron chi connectivity index (χ0n) is 45.6. The number of unbranched alkanes of at least 4 members (excludes halogenated alkanes) is 2. The summed E-state index contributed by atoms with van der Waals surface area (Å²) >= 11 is 8.10. The summed E-state index contributed by atoms with van der Waals surface area (Å²) in [6, 6.07) is 16.8. The number of carbonyl (C=O) groups is 4. The highest BCUT2D eigenvalue weighted by molar-refractivity contribution is 7.92. The van der Waals surface area contributed by atoms with Crippen LogP contribution in [0, 0.1) is 19.3 Å². The van der Waals surface area contributed by atoms with Crippen LogP contribution in [0.15, 0.2) is 77.3 Å². The maximum absolute atomic E-state index is 14.1. The minimum atomic E-state index is -3.61. The van der Waals surface area contributed by atoms with Crippen LogP contribution in [0.4, 0.5) is 23.1 Å². The van der Waals surface area contributed by atoms with E-state index in [-0.39, 0.29) is 77.4 Å². The van der Waals surface area contributed by atoms with Crippen molar-refractivity contribution < 1.29 is 37.4 Å². The predicted molar refractivity (Wildman–Crippen MR) is 303 cm³/mol. The fourth-order valence-corrected chi connectivity index (χ4v) is 11.9. The fourth-order valence-electron chi connectivity index (χ4n) is 9.78. The molecule has 0 saturated carbocycles. The van der Waals surface area contributed by atoms with Crippen LogP contribution in [0.5, 0.6) is 5.75 Å². The molecule has 414 valence electrons. The summed E-state index contributed by atoms with van der Waals surface area (Å²) in [5, 5.41) is 22.5. The van der Waals surface area contributed by atoms with Gasteiger partial charge in [0.25, 0.3) is 0 Å². The monoisotopic (exact) mass is 1110 g/mol. The van der Waals surface area contributed by atoms with Crippen molar-refractivity contribution in [2.75, 3.05) is 30.3 Å². The number of hydrogen-bond donors (Lipinski definition) is 5.